The Bertz CT molecular complexity index is 744. The number of hydrogen-bond donors (Lipinski definition) is 1. The molecular weight excluding hydrogens is 320 g/mol. The first-order valence-corrected chi connectivity index (χ1v) is 7.75. The summed E-state index contributed by atoms with van der Waals surface area (Å²) >= 11 is 0. The van der Waals surface area contributed by atoms with Gasteiger partial charge in [0, 0.05) is 12.7 Å². The van der Waals surface area contributed by atoms with E-state index in [2.05, 4.69) is 10.5 Å². The molecule has 0 radical (unpaired) electrons. The smallest absolute Gasteiger partial charge is 0.273 e. The van der Waals surface area contributed by atoms with Crippen molar-refractivity contribution in [3.05, 3.63) is 59.7 Å². The van der Waals surface area contributed by atoms with Crippen molar-refractivity contribution in [2.45, 2.75) is 13.0 Å². The predicted molar refractivity (Wildman–Crippen MR) is 96.1 cm³/mol. The van der Waals surface area contributed by atoms with Crippen molar-refractivity contribution < 1.29 is 19.0 Å². The number of carbonyl (C=O) groups excluding carboxylic acids is 1. The Kier molecular flexibility index (Phi) is 6.54. The molecule has 1 atom stereocenters. The van der Waals surface area contributed by atoms with Gasteiger partial charge in [0.25, 0.3) is 5.91 Å². The maximum absolute atomic E-state index is 12.3. The molecule has 0 saturated heterocycles. The minimum atomic E-state index is -0.719. The van der Waals surface area contributed by atoms with E-state index in [0.717, 1.165) is 11.1 Å². The number of nitrogens with one attached hydrogen (secondary N) is 1. The summed E-state index contributed by atoms with van der Waals surface area (Å²) in [6.07, 6.45) is -0.719. The standard InChI is InChI=1S/C19H22N2O4/c1-13(15-10-11-16(23-2)17(12-15)24-3)20-21-19(22)18(25-4)14-8-6-5-7-9-14/h5-12,18H,1-4H3,(H,21,22)/b20-13+. The van der Waals surface area contributed by atoms with Crippen molar-refractivity contribution in [1.29, 1.82) is 0 Å². The molecule has 6 nitrogen and oxygen atoms in total. The lowest BCUT2D eigenvalue weighted by Gasteiger charge is -2.14. The molecule has 0 aliphatic heterocycles. The van der Waals surface area contributed by atoms with Crippen LogP contribution in [0.2, 0.25) is 0 Å². The molecule has 0 fully saturated rings. The molecule has 132 valence electrons. The minimum Gasteiger partial charge on any atom is -0.493 e. The fourth-order valence-electron chi connectivity index (χ4n) is 2.35. The molecule has 1 N–H and O–H groups in total. The third kappa shape index (κ3) is 4.58. The average Bonchev–Trinajstić information content (AvgIpc) is 2.66. The molecule has 6 heteroatoms. The van der Waals surface area contributed by atoms with E-state index in [4.69, 9.17) is 14.2 Å². The van der Waals surface area contributed by atoms with Gasteiger partial charge in [-0.2, -0.15) is 5.10 Å². The predicted octanol–water partition coefficient (Wildman–Crippen LogP) is 2.93. The number of rotatable bonds is 7. The molecule has 0 heterocycles. The van der Waals surface area contributed by atoms with Crippen molar-refractivity contribution in [3.8, 4) is 11.5 Å². The summed E-state index contributed by atoms with van der Waals surface area (Å²) in [6, 6.07) is 14.7. The van der Waals surface area contributed by atoms with E-state index in [1.165, 1.54) is 7.11 Å². The minimum absolute atomic E-state index is 0.339. The summed E-state index contributed by atoms with van der Waals surface area (Å²) in [6.45, 7) is 1.80. The average molecular weight is 342 g/mol. The molecular formula is C19H22N2O4. The number of carbonyl (C=O) groups is 1. The Morgan fingerprint density at radius 1 is 1.00 bits per heavy atom. The lowest BCUT2D eigenvalue weighted by atomic mass is 10.1. The number of benzene rings is 2. The molecule has 0 aliphatic carbocycles. The van der Waals surface area contributed by atoms with Gasteiger partial charge in [0.05, 0.1) is 19.9 Å². The van der Waals surface area contributed by atoms with Crippen molar-refractivity contribution in [3.63, 3.8) is 0 Å². The Morgan fingerprint density at radius 3 is 2.28 bits per heavy atom. The van der Waals surface area contributed by atoms with Gasteiger partial charge in [0.15, 0.2) is 17.6 Å². The van der Waals surface area contributed by atoms with Crippen LogP contribution in [-0.4, -0.2) is 32.9 Å². The third-order valence-corrected chi connectivity index (χ3v) is 3.71. The highest BCUT2D eigenvalue weighted by Crippen LogP contribution is 2.27. The molecule has 0 aliphatic rings. The SMILES string of the molecule is COc1ccc(/C(C)=N/NC(=O)C(OC)c2ccccc2)cc1OC. The zero-order chi connectivity index (χ0) is 18.2. The maximum atomic E-state index is 12.3. The molecule has 2 aromatic carbocycles. The number of nitrogens with zero attached hydrogens (tertiary/aromatic N) is 1. The largest absolute Gasteiger partial charge is 0.493 e. The molecule has 0 saturated carbocycles. The van der Waals surface area contributed by atoms with Crippen molar-refractivity contribution in [2.24, 2.45) is 5.10 Å². The first-order chi connectivity index (χ1) is 12.1. The Labute approximate surface area is 147 Å². The third-order valence-electron chi connectivity index (χ3n) is 3.71. The molecule has 1 amide bonds. The molecule has 2 aromatic rings. The normalized spacial score (nSPS) is 12.4. The van der Waals surface area contributed by atoms with Gasteiger partial charge < -0.3 is 14.2 Å². The van der Waals surface area contributed by atoms with Gasteiger partial charge in [-0.3, -0.25) is 4.79 Å². The van der Waals surface area contributed by atoms with Crippen LogP contribution in [0, 0.1) is 0 Å². The summed E-state index contributed by atoms with van der Waals surface area (Å²) in [5, 5.41) is 4.16. The second-order valence-electron chi connectivity index (χ2n) is 5.27. The van der Waals surface area contributed by atoms with Crippen LogP contribution in [0.5, 0.6) is 11.5 Å². The highest BCUT2D eigenvalue weighted by atomic mass is 16.5. The van der Waals surface area contributed by atoms with Gasteiger partial charge in [0.2, 0.25) is 0 Å². The highest BCUT2D eigenvalue weighted by Gasteiger charge is 2.19. The van der Waals surface area contributed by atoms with Crippen LogP contribution in [-0.2, 0) is 9.53 Å². The van der Waals surface area contributed by atoms with Crippen LogP contribution in [0.25, 0.3) is 0 Å². The summed E-state index contributed by atoms with van der Waals surface area (Å²) in [4.78, 5) is 12.3. The van der Waals surface area contributed by atoms with E-state index in [-0.39, 0.29) is 5.91 Å². The van der Waals surface area contributed by atoms with Gasteiger partial charge in [0.1, 0.15) is 0 Å². The van der Waals surface area contributed by atoms with Crippen LogP contribution in [0.4, 0.5) is 0 Å². The van der Waals surface area contributed by atoms with Crippen molar-refractivity contribution in [1.82, 2.24) is 5.43 Å². The Hall–Kier alpha value is -2.86. The lowest BCUT2D eigenvalue weighted by molar-refractivity contribution is -0.131. The Morgan fingerprint density at radius 2 is 1.68 bits per heavy atom. The van der Waals surface area contributed by atoms with E-state index in [1.54, 1.807) is 33.3 Å². The second-order valence-corrected chi connectivity index (χ2v) is 5.27. The number of hydrazone groups is 1. The fourth-order valence-corrected chi connectivity index (χ4v) is 2.35. The zero-order valence-electron chi connectivity index (χ0n) is 14.8. The van der Waals surface area contributed by atoms with E-state index in [9.17, 15) is 4.79 Å². The summed E-state index contributed by atoms with van der Waals surface area (Å²) < 4.78 is 15.8. The quantitative estimate of drug-likeness (QED) is 0.620. The van der Waals surface area contributed by atoms with E-state index < -0.39 is 6.10 Å². The van der Waals surface area contributed by atoms with Crippen LogP contribution < -0.4 is 14.9 Å². The number of methoxy groups -OCH3 is 3. The molecule has 25 heavy (non-hydrogen) atoms. The van der Waals surface area contributed by atoms with Crippen molar-refractivity contribution >= 4 is 11.6 Å². The van der Waals surface area contributed by atoms with Crippen molar-refractivity contribution in [2.75, 3.05) is 21.3 Å². The van der Waals surface area contributed by atoms with Gasteiger partial charge >= 0.3 is 0 Å². The second kappa shape index (κ2) is 8.84. The lowest BCUT2D eigenvalue weighted by Crippen LogP contribution is -2.27. The number of ether oxygens (including phenoxy) is 3. The summed E-state index contributed by atoms with van der Waals surface area (Å²) in [5.41, 5.74) is 4.76. The Balaban J connectivity index is 2.13. The summed E-state index contributed by atoms with van der Waals surface area (Å²) in [5.74, 6) is 0.889. The first-order valence-electron chi connectivity index (χ1n) is 7.75. The van der Waals surface area contributed by atoms with Gasteiger partial charge in [-0.15, -0.1) is 0 Å². The van der Waals surface area contributed by atoms with Gasteiger partial charge in [-0.1, -0.05) is 30.3 Å². The molecule has 0 aromatic heterocycles. The highest BCUT2D eigenvalue weighted by molar-refractivity contribution is 6.00. The molecule has 0 bridgehead atoms. The molecule has 1 unspecified atom stereocenters. The van der Waals surface area contributed by atoms with E-state index >= 15 is 0 Å². The van der Waals surface area contributed by atoms with Gasteiger partial charge in [-0.05, 0) is 30.7 Å². The van der Waals surface area contributed by atoms with Gasteiger partial charge in [-0.25, -0.2) is 5.43 Å². The van der Waals surface area contributed by atoms with Crippen LogP contribution in [0.1, 0.15) is 24.2 Å². The van der Waals surface area contributed by atoms with E-state index in [1.807, 2.05) is 36.4 Å². The number of amides is 1. The van der Waals surface area contributed by atoms with Crippen LogP contribution in [0.15, 0.2) is 53.6 Å². The summed E-state index contributed by atoms with van der Waals surface area (Å²) in [7, 11) is 4.63. The fraction of sp³-hybridized carbons (Fsp3) is 0.263. The maximum Gasteiger partial charge on any atom is 0.273 e. The van der Waals surface area contributed by atoms with Crippen LogP contribution >= 0.6 is 0 Å². The first kappa shape index (κ1) is 18.5. The topological polar surface area (TPSA) is 69.2 Å². The van der Waals surface area contributed by atoms with Crippen LogP contribution in [0.3, 0.4) is 0 Å². The monoisotopic (exact) mass is 342 g/mol. The zero-order valence-corrected chi connectivity index (χ0v) is 14.8. The molecule has 0 spiro atoms. The number of hydrogen-bond acceptors (Lipinski definition) is 5. The van der Waals surface area contributed by atoms with E-state index in [0.29, 0.717) is 17.2 Å². The molecule has 2 rings (SSSR count).